The standard InChI is InChI=1S/C22H24N4O4/c1-14-11-16(25-22(24-14)26-9-4-3-5-10-26)13-23-20(27)17-12-15-7-6-8-18(29-2)19(15)30-21(17)28/h6-8,11-12H,3-5,9-10,13H2,1-2H3,(H,23,27). The van der Waals surface area contributed by atoms with Crippen LogP contribution in [0.1, 0.15) is 41.0 Å². The number of methoxy groups -OCH3 is 1. The average molecular weight is 408 g/mol. The number of benzene rings is 1. The summed E-state index contributed by atoms with van der Waals surface area (Å²) in [7, 11) is 1.50. The van der Waals surface area contributed by atoms with Gasteiger partial charge >= 0.3 is 5.63 Å². The van der Waals surface area contributed by atoms with Crippen LogP contribution in [0.15, 0.2) is 39.5 Å². The van der Waals surface area contributed by atoms with Crippen LogP contribution in [0.5, 0.6) is 5.75 Å². The number of aromatic nitrogens is 2. The van der Waals surface area contributed by atoms with E-state index in [0.717, 1.165) is 31.6 Å². The number of ether oxygens (including phenoxy) is 1. The molecule has 8 heteroatoms. The monoisotopic (exact) mass is 408 g/mol. The Bertz CT molecular complexity index is 1140. The van der Waals surface area contributed by atoms with Gasteiger partial charge in [0.25, 0.3) is 5.91 Å². The molecule has 0 radical (unpaired) electrons. The van der Waals surface area contributed by atoms with Gasteiger partial charge in [0.2, 0.25) is 5.95 Å². The molecule has 2 aromatic heterocycles. The van der Waals surface area contributed by atoms with Crippen molar-refractivity contribution in [2.45, 2.75) is 32.7 Å². The molecule has 3 heterocycles. The van der Waals surface area contributed by atoms with Gasteiger partial charge in [0.1, 0.15) is 5.56 Å². The van der Waals surface area contributed by atoms with Crippen molar-refractivity contribution in [3.05, 3.63) is 57.7 Å². The lowest BCUT2D eigenvalue weighted by Crippen LogP contribution is -2.32. The summed E-state index contributed by atoms with van der Waals surface area (Å²) in [4.78, 5) is 36.3. The number of rotatable bonds is 5. The predicted molar refractivity (Wildman–Crippen MR) is 113 cm³/mol. The van der Waals surface area contributed by atoms with E-state index in [1.807, 2.05) is 13.0 Å². The molecule has 1 fully saturated rings. The van der Waals surface area contributed by atoms with Crippen molar-refractivity contribution in [3.63, 3.8) is 0 Å². The van der Waals surface area contributed by atoms with Gasteiger partial charge in [-0.3, -0.25) is 4.79 Å². The van der Waals surface area contributed by atoms with Gasteiger partial charge in [-0.1, -0.05) is 12.1 Å². The van der Waals surface area contributed by atoms with Crippen molar-refractivity contribution in [3.8, 4) is 5.75 Å². The lowest BCUT2D eigenvalue weighted by Gasteiger charge is -2.27. The first-order valence-electron chi connectivity index (χ1n) is 10.0. The number of piperidine rings is 1. The average Bonchev–Trinajstić information content (AvgIpc) is 2.77. The highest BCUT2D eigenvalue weighted by molar-refractivity contribution is 5.97. The van der Waals surface area contributed by atoms with Gasteiger partial charge in [0, 0.05) is 24.2 Å². The number of carbonyl (C=O) groups is 1. The van der Waals surface area contributed by atoms with E-state index < -0.39 is 11.5 Å². The zero-order chi connectivity index (χ0) is 21.1. The van der Waals surface area contributed by atoms with Crippen LogP contribution in [0.3, 0.4) is 0 Å². The molecule has 156 valence electrons. The van der Waals surface area contributed by atoms with Gasteiger partial charge in [-0.15, -0.1) is 0 Å². The van der Waals surface area contributed by atoms with Crippen LogP contribution in [0.2, 0.25) is 0 Å². The Hall–Kier alpha value is -3.42. The molecule has 0 unspecified atom stereocenters. The number of hydrogen-bond acceptors (Lipinski definition) is 7. The summed E-state index contributed by atoms with van der Waals surface area (Å²) in [6, 6.07) is 8.58. The molecule has 30 heavy (non-hydrogen) atoms. The van der Waals surface area contributed by atoms with Crippen molar-refractivity contribution in [1.29, 1.82) is 0 Å². The van der Waals surface area contributed by atoms with Crippen molar-refractivity contribution >= 4 is 22.8 Å². The molecule has 0 spiro atoms. The molecule has 1 aliphatic heterocycles. The number of carbonyl (C=O) groups excluding carboxylic acids is 1. The molecule has 1 saturated heterocycles. The van der Waals surface area contributed by atoms with Crippen LogP contribution >= 0.6 is 0 Å². The van der Waals surface area contributed by atoms with Crippen molar-refractivity contribution < 1.29 is 13.9 Å². The number of fused-ring (bicyclic) bond motifs is 1. The summed E-state index contributed by atoms with van der Waals surface area (Å²) < 4.78 is 10.5. The first-order valence-corrected chi connectivity index (χ1v) is 10.0. The number of para-hydroxylation sites is 1. The fraction of sp³-hybridized carbons (Fsp3) is 0.364. The lowest BCUT2D eigenvalue weighted by molar-refractivity contribution is 0.0947. The van der Waals surface area contributed by atoms with Gasteiger partial charge in [-0.05, 0) is 44.4 Å². The quantitative estimate of drug-likeness (QED) is 0.648. The van der Waals surface area contributed by atoms with Crippen molar-refractivity contribution in [2.75, 3.05) is 25.1 Å². The third kappa shape index (κ3) is 4.12. The Morgan fingerprint density at radius 1 is 1.20 bits per heavy atom. The minimum atomic E-state index is -0.711. The van der Waals surface area contributed by atoms with Gasteiger partial charge in [-0.25, -0.2) is 14.8 Å². The summed E-state index contributed by atoms with van der Waals surface area (Å²) >= 11 is 0. The minimum absolute atomic E-state index is 0.0576. The summed E-state index contributed by atoms with van der Waals surface area (Å²) in [6.07, 6.45) is 3.49. The molecule has 4 rings (SSSR count). The number of hydrogen-bond donors (Lipinski definition) is 1. The number of anilines is 1. The van der Waals surface area contributed by atoms with Crippen LogP contribution < -0.4 is 20.6 Å². The highest BCUT2D eigenvalue weighted by atomic mass is 16.5. The van der Waals surface area contributed by atoms with E-state index in [-0.39, 0.29) is 12.1 Å². The molecule has 0 atom stereocenters. The molecule has 0 bridgehead atoms. The lowest BCUT2D eigenvalue weighted by atomic mass is 10.1. The Balaban J connectivity index is 1.53. The van der Waals surface area contributed by atoms with Crippen molar-refractivity contribution in [1.82, 2.24) is 15.3 Å². The topological polar surface area (TPSA) is 97.6 Å². The second-order valence-corrected chi connectivity index (χ2v) is 7.36. The summed E-state index contributed by atoms with van der Waals surface area (Å²) in [5.41, 5.74) is 1.09. The smallest absolute Gasteiger partial charge is 0.349 e. The Morgan fingerprint density at radius 2 is 2.00 bits per heavy atom. The van der Waals surface area contributed by atoms with E-state index in [1.165, 1.54) is 19.6 Å². The van der Waals surface area contributed by atoms with Crippen LogP contribution in [-0.4, -0.2) is 36.1 Å². The van der Waals surface area contributed by atoms with Gasteiger partial charge in [0.05, 0.1) is 19.3 Å². The first-order chi connectivity index (χ1) is 14.5. The van der Waals surface area contributed by atoms with Crippen LogP contribution in [-0.2, 0) is 6.54 Å². The van der Waals surface area contributed by atoms with E-state index in [4.69, 9.17) is 9.15 Å². The highest BCUT2D eigenvalue weighted by Crippen LogP contribution is 2.24. The molecule has 8 nitrogen and oxygen atoms in total. The van der Waals surface area contributed by atoms with Gasteiger partial charge in [0.15, 0.2) is 11.3 Å². The molecule has 0 saturated carbocycles. The van der Waals surface area contributed by atoms with E-state index in [2.05, 4.69) is 20.2 Å². The highest BCUT2D eigenvalue weighted by Gasteiger charge is 2.17. The van der Waals surface area contributed by atoms with Gasteiger partial charge in [-0.2, -0.15) is 0 Å². The number of nitrogens with one attached hydrogen (secondary N) is 1. The molecule has 1 N–H and O–H groups in total. The molecule has 3 aromatic rings. The Labute approximate surface area is 173 Å². The molecule has 1 aromatic carbocycles. The van der Waals surface area contributed by atoms with Gasteiger partial charge < -0.3 is 19.4 Å². The first kappa shape index (κ1) is 19.9. The largest absolute Gasteiger partial charge is 0.493 e. The number of amides is 1. The van der Waals surface area contributed by atoms with E-state index in [1.54, 1.807) is 18.2 Å². The number of aryl methyl sites for hydroxylation is 1. The fourth-order valence-electron chi connectivity index (χ4n) is 3.65. The third-order valence-electron chi connectivity index (χ3n) is 5.15. The third-order valence-corrected chi connectivity index (χ3v) is 5.15. The normalized spacial score (nSPS) is 14.0. The molecule has 1 amide bonds. The maximum absolute atomic E-state index is 12.7. The Kier molecular flexibility index (Phi) is 5.65. The zero-order valence-electron chi connectivity index (χ0n) is 17.1. The number of nitrogens with zero attached hydrogens (tertiary/aromatic N) is 3. The van der Waals surface area contributed by atoms with Crippen LogP contribution in [0.4, 0.5) is 5.95 Å². The molecule has 1 aliphatic rings. The second kappa shape index (κ2) is 8.52. The second-order valence-electron chi connectivity index (χ2n) is 7.36. The van der Waals surface area contributed by atoms with Crippen LogP contribution in [0.25, 0.3) is 11.0 Å². The zero-order valence-corrected chi connectivity index (χ0v) is 17.1. The summed E-state index contributed by atoms with van der Waals surface area (Å²) in [5.74, 6) is 0.624. The van der Waals surface area contributed by atoms with E-state index in [0.29, 0.717) is 28.4 Å². The molecular weight excluding hydrogens is 384 g/mol. The fourth-order valence-corrected chi connectivity index (χ4v) is 3.65. The maximum Gasteiger partial charge on any atom is 0.349 e. The maximum atomic E-state index is 12.7. The van der Waals surface area contributed by atoms with Crippen molar-refractivity contribution in [2.24, 2.45) is 0 Å². The van der Waals surface area contributed by atoms with E-state index in [9.17, 15) is 9.59 Å². The summed E-state index contributed by atoms with van der Waals surface area (Å²) in [6.45, 7) is 3.98. The van der Waals surface area contributed by atoms with Crippen LogP contribution in [0, 0.1) is 6.92 Å². The molecular formula is C22H24N4O4. The molecule has 0 aliphatic carbocycles. The Morgan fingerprint density at radius 3 is 2.77 bits per heavy atom. The summed E-state index contributed by atoms with van der Waals surface area (Å²) in [5, 5.41) is 3.38. The SMILES string of the molecule is COc1cccc2cc(C(=O)NCc3cc(C)nc(N4CCCCC4)n3)c(=O)oc12. The van der Waals surface area contributed by atoms with E-state index >= 15 is 0 Å². The minimum Gasteiger partial charge on any atom is -0.493 e. The predicted octanol–water partition coefficient (Wildman–Crippen LogP) is 2.82.